The summed E-state index contributed by atoms with van der Waals surface area (Å²) in [7, 11) is 0. The minimum absolute atomic E-state index is 0.00778. The van der Waals surface area contributed by atoms with Gasteiger partial charge in [-0.25, -0.2) is 4.68 Å². The number of nitriles is 1. The number of carbonyl (C=O) groups excluding carboxylic acids is 2. The molecule has 9 nitrogen and oxygen atoms in total. The number of fused-ring (bicyclic) bond motifs is 1. The van der Waals surface area contributed by atoms with Crippen molar-refractivity contribution in [1.82, 2.24) is 14.8 Å². The van der Waals surface area contributed by atoms with E-state index in [9.17, 15) is 14.9 Å². The molecule has 2 aromatic carbocycles. The van der Waals surface area contributed by atoms with Crippen molar-refractivity contribution in [3.63, 3.8) is 0 Å². The molecule has 2 aromatic heterocycles. The van der Waals surface area contributed by atoms with E-state index in [4.69, 9.17) is 4.74 Å². The first kappa shape index (κ1) is 26.4. The topological polar surface area (TPSA) is 122 Å². The zero-order chi connectivity index (χ0) is 28.7. The van der Waals surface area contributed by atoms with E-state index in [0.717, 1.165) is 27.9 Å². The molecule has 6 rings (SSSR count). The smallest absolute Gasteiger partial charge is 0.255 e. The third-order valence-electron chi connectivity index (χ3n) is 8.07. The highest BCUT2D eigenvalue weighted by atomic mass is 16.5. The summed E-state index contributed by atoms with van der Waals surface area (Å²) < 4.78 is 7.17. The minimum atomic E-state index is -0.700. The van der Waals surface area contributed by atoms with Crippen LogP contribution >= 0.6 is 0 Å². The summed E-state index contributed by atoms with van der Waals surface area (Å²) in [5, 5.41) is 20.1. The fourth-order valence-corrected chi connectivity index (χ4v) is 5.42. The maximum Gasteiger partial charge on any atom is 0.255 e. The molecule has 1 saturated carbocycles. The SMILES string of the molecule is Cc1ccc(NC(=O)c2cccc(C(C)(C)C#N)c2)cc1-n1cc(-c2cnccc2NC(=O)C2C3COCC32)cn1. The maximum absolute atomic E-state index is 13.1. The zero-order valence-electron chi connectivity index (χ0n) is 23.1. The van der Waals surface area contributed by atoms with Gasteiger partial charge in [0.25, 0.3) is 5.91 Å². The van der Waals surface area contributed by atoms with Crippen LogP contribution in [0.3, 0.4) is 0 Å². The Morgan fingerprint density at radius 3 is 2.66 bits per heavy atom. The number of aryl methyl sites for hydroxylation is 1. The number of hydrogen-bond donors (Lipinski definition) is 2. The van der Waals surface area contributed by atoms with Crippen LogP contribution < -0.4 is 10.6 Å². The molecule has 1 aliphatic heterocycles. The lowest BCUT2D eigenvalue weighted by Gasteiger charge is -2.16. The molecule has 2 fully saturated rings. The van der Waals surface area contributed by atoms with E-state index >= 15 is 0 Å². The molecule has 2 N–H and O–H groups in total. The van der Waals surface area contributed by atoms with Crippen molar-refractivity contribution in [2.45, 2.75) is 26.2 Å². The molecule has 2 unspecified atom stereocenters. The number of anilines is 2. The van der Waals surface area contributed by atoms with E-state index in [0.29, 0.717) is 42.0 Å². The number of carbonyl (C=O) groups is 2. The quantitative estimate of drug-likeness (QED) is 0.332. The van der Waals surface area contributed by atoms with E-state index < -0.39 is 5.41 Å². The van der Waals surface area contributed by atoms with Gasteiger partial charge in [-0.3, -0.25) is 14.6 Å². The third kappa shape index (κ3) is 5.10. The first-order chi connectivity index (χ1) is 19.7. The number of rotatable bonds is 7. The number of nitrogens with one attached hydrogen (secondary N) is 2. The molecule has 3 heterocycles. The van der Waals surface area contributed by atoms with Gasteiger partial charge in [0, 0.05) is 46.9 Å². The molecule has 2 aliphatic rings. The van der Waals surface area contributed by atoms with Crippen LogP contribution in [-0.4, -0.2) is 39.8 Å². The van der Waals surface area contributed by atoms with Gasteiger partial charge in [-0.1, -0.05) is 18.2 Å². The molecular formula is C32H30N6O3. The van der Waals surface area contributed by atoms with Crippen LogP contribution in [0.15, 0.2) is 73.3 Å². The minimum Gasteiger partial charge on any atom is -0.381 e. The Morgan fingerprint density at radius 2 is 1.88 bits per heavy atom. The summed E-state index contributed by atoms with van der Waals surface area (Å²) in [6, 6.07) is 16.8. The second kappa shape index (κ2) is 10.3. The Hall–Kier alpha value is -4.81. The molecule has 1 aliphatic carbocycles. The Balaban J connectivity index is 1.21. The number of benzene rings is 2. The second-order valence-corrected chi connectivity index (χ2v) is 11.2. The zero-order valence-corrected chi connectivity index (χ0v) is 23.1. The molecule has 206 valence electrons. The van der Waals surface area contributed by atoms with E-state index in [1.54, 1.807) is 47.5 Å². The van der Waals surface area contributed by atoms with Crippen molar-refractivity contribution in [3.8, 4) is 22.9 Å². The molecule has 2 amide bonds. The van der Waals surface area contributed by atoms with E-state index in [-0.39, 0.29) is 17.7 Å². The second-order valence-electron chi connectivity index (χ2n) is 11.2. The molecular weight excluding hydrogens is 516 g/mol. The van der Waals surface area contributed by atoms with Gasteiger partial charge in [-0.2, -0.15) is 10.4 Å². The average molecular weight is 547 g/mol. The number of amides is 2. The highest BCUT2D eigenvalue weighted by Crippen LogP contribution is 2.51. The predicted molar refractivity (Wildman–Crippen MR) is 154 cm³/mol. The van der Waals surface area contributed by atoms with Crippen LogP contribution in [0.1, 0.15) is 35.3 Å². The van der Waals surface area contributed by atoms with Crippen molar-refractivity contribution in [1.29, 1.82) is 5.26 Å². The summed E-state index contributed by atoms with van der Waals surface area (Å²) in [6.45, 7) is 6.93. The van der Waals surface area contributed by atoms with Gasteiger partial charge in [0.15, 0.2) is 0 Å². The fraction of sp³-hybridized carbons (Fsp3) is 0.281. The average Bonchev–Trinajstić information content (AvgIpc) is 3.29. The van der Waals surface area contributed by atoms with E-state index in [1.807, 2.05) is 51.2 Å². The Labute approximate surface area is 238 Å². The first-order valence-electron chi connectivity index (χ1n) is 13.6. The Bertz CT molecular complexity index is 1690. The van der Waals surface area contributed by atoms with Crippen LogP contribution in [0, 0.1) is 36.0 Å². The lowest BCUT2D eigenvalue weighted by molar-refractivity contribution is -0.118. The fourth-order valence-electron chi connectivity index (χ4n) is 5.42. The number of ether oxygens (including phenoxy) is 1. The lowest BCUT2D eigenvalue weighted by Crippen LogP contribution is -2.19. The molecule has 0 spiro atoms. The number of aromatic nitrogens is 3. The molecule has 0 radical (unpaired) electrons. The highest BCUT2D eigenvalue weighted by Gasteiger charge is 2.58. The monoisotopic (exact) mass is 546 g/mol. The summed E-state index contributed by atoms with van der Waals surface area (Å²) in [5.41, 5.74) is 5.21. The number of nitrogens with zero attached hydrogens (tertiary/aromatic N) is 4. The van der Waals surface area contributed by atoms with Crippen LogP contribution in [0.25, 0.3) is 16.8 Å². The van der Waals surface area contributed by atoms with E-state index in [2.05, 4.69) is 26.8 Å². The Kier molecular flexibility index (Phi) is 6.64. The van der Waals surface area contributed by atoms with E-state index in [1.165, 1.54) is 0 Å². The van der Waals surface area contributed by atoms with Crippen molar-refractivity contribution in [3.05, 3.63) is 90.0 Å². The number of pyridine rings is 1. The van der Waals surface area contributed by atoms with Crippen LogP contribution in [0.5, 0.6) is 0 Å². The molecule has 0 bridgehead atoms. The summed E-state index contributed by atoms with van der Waals surface area (Å²) in [5.74, 6) is 0.412. The van der Waals surface area contributed by atoms with Crippen LogP contribution in [0.2, 0.25) is 0 Å². The van der Waals surface area contributed by atoms with Crippen molar-refractivity contribution in [2.75, 3.05) is 23.8 Å². The number of hydrogen-bond acceptors (Lipinski definition) is 6. The van der Waals surface area contributed by atoms with Crippen molar-refractivity contribution < 1.29 is 14.3 Å². The Morgan fingerprint density at radius 1 is 1.07 bits per heavy atom. The normalized spacial score (nSPS) is 19.2. The van der Waals surface area contributed by atoms with Gasteiger partial charge in [0.05, 0.1) is 42.3 Å². The molecule has 2 atom stereocenters. The summed E-state index contributed by atoms with van der Waals surface area (Å²) in [6.07, 6.45) is 7.00. The van der Waals surface area contributed by atoms with Crippen molar-refractivity contribution in [2.24, 2.45) is 17.8 Å². The predicted octanol–water partition coefficient (Wildman–Crippen LogP) is 5.13. The highest BCUT2D eigenvalue weighted by molar-refractivity contribution is 6.04. The van der Waals surface area contributed by atoms with Gasteiger partial charge in [-0.05, 0) is 74.1 Å². The first-order valence-corrected chi connectivity index (χ1v) is 13.6. The largest absolute Gasteiger partial charge is 0.381 e. The summed E-state index contributed by atoms with van der Waals surface area (Å²) in [4.78, 5) is 30.3. The molecule has 1 saturated heterocycles. The van der Waals surface area contributed by atoms with Crippen LogP contribution in [-0.2, 0) is 14.9 Å². The van der Waals surface area contributed by atoms with Gasteiger partial charge in [0.2, 0.25) is 5.91 Å². The standard InChI is InChI=1S/C32H30N6O3/c1-19-7-8-23(36-30(39)20-5-4-6-22(11-20)32(2,3)18-33)12-28(19)38-15-21(13-35-38)24-14-34-10-9-27(24)37-31(40)29-25-16-41-17-26(25)29/h4-15,25-26,29H,16-17H2,1-3H3,(H,36,39)(H,34,37,40). The molecule has 41 heavy (non-hydrogen) atoms. The summed E-state index contributed by atoms with van der Waals surface area (Å²) >= 11 is 0. The molecule has 9 heteroatoms. The molecule has 4 aromatic rings. The maximum atomic E-state index is 13.1. The van der Waals surface area contributed by atoms with Crippen LogP contribution in [0.4, 0.5) is 11.4 Å². The van der Waals surface area contributed by atoms with Gasteiger partial charge in [0.1, 0.15) is 0 Å². The van der Waals surface area contributed by atoms with Gasteiger partial charge < -0.3 is 15.4 Å². The van der Waals surface area contributed by atoms with Gasteiger partial charge >= 0.3 is 0 Å². The lowest BCUT2D eigenvalue weighted by atomic mass is 9.85. The third-order valence-corrected chi connectivity index (χ3v) is 8.07. The van der Waals surface area contributed by atoms with Gasteiger partial charge in [-0.15, -0.1) is 0 Å². The van der Waals surface area contributed by atoms with Crippen molar-refractivity contribution >= 4 is 23.2 Å².